The van der Waals surface area contributed by atoms with Crippen molar-refractivity contribution in [3.8, 4) is 0 Å². The lowest BCUT2D eigenvalue weighted by atomic mass is 9.93. The molecule has 0 atom stereocenters. The molecule has 3 aromatic rings. The number of rotatable bonds is 2. The molecule has 1 N–H and O–H groups in total. The van der Waals surface area contributed by atoms with Gasteiger partial charge in [-0.3, -0.25) is 0 Å². The third-order valence-corrected chi connectivity index (χ3v) is 4.46. The fraction of sp³-hybridized carbons (Fsp3) is 0.353. The van der Waals surface area contributed by atoms with Crippen molar-refractivity contribution in [2.45, 2.75) is 25.7 Å². The van der Waals surface area contributed by atoms with Crippen LogP contribution in [0.25, 0.3) is 11.0 Å². The van der Waals surface area contributed by atoms with Crippen molar-refractivity contribution in [3.63, 3.8) is 0 Å². The van der Waals surface area contributed by atoms with Crippen LogP contribution < -0.4 is 4.90 Å². The number of aryl methyl sites for hydroxylation is 1. The molecule has 4 heterocycles. The molecular weight excluding hydrogens is 274 g/mol. The number of aromatic amines is 1. The van der Waals surface area contributed by atoms with E-state index in [1.807, 2.05) is 19.2 Å². The van der Waals surface area contributed by atoms with Gasteiger partial charge in [0.2, 0.25) is 0 Å². The smallest absolute Gasteiger partial charge is 0.137 e. The molecule has 0 radical (unpaired) electrons. The minimum absolute atomic E-state index is 0.577. The maximum Gasteiger partial charge on any atom is 0.137 e. The fourth-order valence-corrected chi connectivity index (χ4v) is 3.23. The van der Waals surface area contributed by atoms with Crippen molar-refractivity contribution in [1.29, 1.82) is 0 Å². The molecule has 22 heavy (non-hydrogen) atoms. The Morgan fingerprint density at radius 1 is 1.14 bits per heavy atom. The van der Waals surface area contributed by atoms with Crippen LogP contribution in [0.4, 0.5) is 5.82 Å². The summed E-state index contributed by atoms with van der Waals surface area (Å²) < 4.78 is 0. The summed E-state index contributed by atoms with van der Waals surface area (Å²) in [5.41, 5.74) is 3.33. The highest BCUT2D eigenvalue weighted by atomic mass is 15.2. The van der Waals surface area contributed by atoms with Gasteiger partial charge in [0.15, 0.2) is 0 Å². The number of anilines is 1. The number of hydrogen-bond acceptors (Lipinski definition) is 4. The molecular formula is C17H19N5. The van der Waals surface area contributed by atoms with Gasteiger partial charge in [0.05, 0.1) is 0 Å². The van der Waals surface area contributed by atoms with Gasteiger partial charge in [-0.15, -0.1) is 0 Å². The van der Waals surface area contributed by atoms with E-state index in [1.54, 1.807) is 6.33 Å². The molecule has 0 saturated carbocycles. The second-order valence-corrected chi connectivity index (χ2v) is 5.94. The van der Waals surface area contributed by atoms with E-state index in [-0.39, 0.29) is 0 Å². The normalized spacial score (nSPS) is 16.3. The summed E-state index contributed by atoms with van der Waals surface area (Å²) in [5.74, 6) is 1.62. The van der Waals surface area contributed by atoms with Crippen LogP contribution in [0.2, 0.25) is 0 Å². The first-order chi connectivity index (χ1) is 10.8. The van der Waals surface area contributed by atoms with Crippen LogP contribution in [0.3, 0.4) is 0 Å². The highest BCUT2D eigenvalue weighted by Gasteiger charge is 2.22. The van der Waals surface area contributed by atoms with E-state index in [2.05, 4.69) is 43.0 Å². The quantitative estimate of drug-likeness (QED) is 0.789. The van der Waals surface area contributed by atoms with Crippen molar-refractivity contribution in [3.05, 3.63) is 48.2 Å². The van der Waals surface area contributed by atoms with E-state index in [0.29, 0.717) is 5.92 Å². The molecule has 1 aliphatic rings. The molecule has 0 bridgehead atoms. The van der Waals surface area contributed by atoms with E-state index in [9.17, 15) is 0 Å². The fourth-order valence-electron chi connectivity index (χ4n) is 3.23. The van der Waals surface area contributed by atoms with Gasteiger partial charge < -0.3 is 9.88 Å². The zero-order valence-electron chi connectivity index (χ0n) is 12.7. The Balaban J connectivity index is 1.49. The molecule has 0 amide bonds. The Morgan fingerprint density at radius 2 is 2.00 bits per heavy atom. The number of piperidine rings is 1. The second-order valence-electron chi connectivity index (χ2n) is 5.94. The monoisotopic (exact) mass is 293 g/mol. The molecule has 0 aliphatic carbocycles. The molecule has 0 unspecified atom stereocenters. The average molecular weight is 293 g/mol. The van der Waals surface area contributed by atoms with E-state index in [4.69, 9.17) is 0 Å². The first-order valence-electron chi connectivity index (χ1n) is 7.77. The number of fused-ring (bicyclic) bond motifs is 1. The van der Waals surface area contributed by atoms with Crippen LogP contribution in [0, 0.1) is 6.92 Å². The number of nitrogens with one attached hydrogen (secondary N) is 1. The summed E-state index contributed by atoms with van der Waals surface area (Å²) in [7, 11) is 0. The number of aromatic nitrogens is 4. The summed E-state index contributed by atoms with van der Waals surface area (Å²) in [6.07, 6.45) is 5.76. The molecule has 0 spiro atoms. The largest absolute Gasteiger partial charge is 0.356 e. The average Bonchev–Trinajstić information content (AvgIpc) is 2.99. The molecule has 1 fully saturated rings. The third-order valence-electron chi connectivity index (χ3n) is 4.46. The summed E-state index contributed by atoms with van der Waals surface area (Å²) in [5, 5.41) is 1.20. The van der Waals surface area contributed by atoms with Gasteiger partial charge in [-0.05, 0) is 38.0 Å². The lowest BCUT2D eigenvalue weighted by Gasteiger charge is -2.32. The maximum absolute atomic E-state index is 4.39. The van der Waals surface area contributed by atoms with E-state index in [1.165, 1.54) is 11.1 Å². The second kappa shape index (κ2) is 5.40. The minimum atomic E-state index is 0.577. The highest BCUT2D eigenvalue weighted by Crippen LogP contribution is 2.30. The summed E-state index contributed by atoms with van der Waals surface area (Å²) >= 11 is 0. The highest BCUT2D eigenvalue weighted by molar-refractivity contribution is 5.76. The molecule has 5 nitrogen and oxygen atoms in total. The minimum Gasteiger partial charge on any atom is -0.356 e. The number of hydrogen-bond donors (Lipinski definition) is 1. The van der Waals surface area contributed by atoms with Gasteiger partial charge in [-0.25, -0.2) is 15.0 Å². The Bertz CT molecular complexity index is 753. The van der Waals surface area contributed by atoms with Crippen LogP contribution >= 0.6 is 0 Å². The van der Waals surface area contributed by atoms with E-state index in [0.717, 1.165) is 43.1 Å². The van der Waals surface area contributed by atoms with Gasteiger partial charge in [-0.2, -0.15) is 0 Å². The van der Waals surface area contributed by atoms with Gasteiger partial charge in [0, 0.05) is 48.0 Å². The molecule has 112 valence electrons. The topological polar surface area (TPSA) is 57.7 Å². The maximum atomic E-state index is 4.39. The van der Waals surface area contributed by atoms with Crippen molar-refractivity contribution < 1.29 is 0 Å². The van der Waals surface area contributed by atoms with Crippen molar-refractivity contribution in [2.75, 3.05) is 18.0 Å². The number of nitrogens with zero attached hydrogens (tertiary/aromatic N) is 4. The summed E-state index contributed by atoms with van der Waals surface area (Å²) in [4.78, 5) is 18.8. The van der Waals surface area contributed by atoms with E-state index >= 15 is 0 Å². The van der Waals surface area contributed by atoms with Crippen LogP contribution in [0.15, 0.2) is 36.8 Å². The Hall–Kier alpha value is -2.43. The predicted molar refractivity (Wildman–Crippen MR) is 87.1 cm³/mol. The first-order valence-corrected chi connectivity index (χ1v) is 7.77. The molecule has 4 rings (SSSR count). The lowest BCUT2D eigenvalue weighted by Crippen LogP contribution is -2.33. The van der Waals surface area contributed by atoms with E-state index < -0.39 is 0 Å². The zero-order valence-corrected chi connectivity index (χ0v) is 12.7. The number of pyridine rings is 1. The van der Waals surface area contributed by atoms with Crippen LogP contribution in [0.1, 0.15) is 30.1 Å². The van der Waals surface area contributed by atoms with Crippen molar-refractivity contribution in [1.82, 2.24) is 19.9 Å². The van der Waals surface area contributed by atoms with Crippen molar-refractivity contribution >= 4 is 16.9 Å². The number of H-pyrrole nitrogens is 1. The molecule has 0 aromatic carbocycles. The zero-order chi connectivity index (χ0) is 14.9. The van der Waals surface area contributed by atoms with Gasteiger partial charge in [0.1, 0.15) is 17.8 Å². The Kier molecular flexibility index (Phi) is 3.25. The predicted octanol–water partition coefficient (Wildman–Crippen LogP) is 3.05. The van der Waals surface area contributed by atoms with Crippen LogP contribution in [-0.2, 0) is 0 Å². The molecule has 1 aliphatic heterocycles. The van der Waals surface area contributed by atoms with Crippen LogP contribution in [0.5, 0.6) is 0 Å². The standard InChI is InChI=1S/C17H19N5/c1-12-9-16(20-11-19-12)22-7-4-13(5-8-22)15-10-14-3-2-6-18-17(14)21-15/h2-3,6,9-11,13H,4-5,7-8H2,1H3,(H,18,21). The van der Waals surface area contributed by atoms with Gasteiger partial charge >= 0.3 is 0 Å². The third kappa shape index (κ3) is 2.43. The first kappa shape index (κ1) is 13.2. The lowest BCUT2D eigenvalue weighted by molar-refractivity contribution is 0.495. The van der Waals surface area contributed by atoms with Gasteiger partial charge in [0.25, 0.3) is 0 Å². The van der Waals surface area contributed by atoms with Crippen LogP contribution in [-0.4, -0.2) is 33.0 Å². The molecule has 3 aromatic heterocycles. The summed E-state index contributed by atoms with van der Waals surface area (Å²) in [6.45, 7) is 4.07. The molecule has 1 saturated heterocycles. The SMILES string of the molecule is Cc1cc(N2CCC(c3cc4cccnc4[nH]3)CC2)ncn1. The molecule has 5 heteroatoms. The van der Waals surface area contributed by atoms with Crippen molar-refractivity contribution in [2.24, 2.45) is 0 Å². The Morgan fingerprint density at radius 3 is 2.77 bits per heavy atom. The van der Waals surface area contributed by atoms with Gasteiger partial charge in [-0.1, -0.05) is 0 Å². The Labute approximate surface area is 129 Å². The summed E-state index contributed by atoms with van der Waals surface area (Å²) in [6, 6.07) is 8.41.